The fraction of sp³-hybridized carbons (Fsp3) is 0.349. The fourth-order valence-electron chi connectivity index (χ4n) is 14.3. The first kappa shape index (κ1) is 69.2. The fourth-order valence-corrected chi connectivity index (χ4v) is 14.4. The van der Waals surface area contributed by atoms with Crippen molar-refractivity contribution in [2.75, 3.05) is 85.0 Å². The van der Waals surface area contributed by atoms with Crippen LogP contribution in [0.25, 0.3) is 32.7 Å². The second-order valence-electron chi connectivity index (χ2n) is 25.7. The van der Waals surface area contributed by atoms with Gasteiger partial charge in [-0.1, -0.05) is 161 Å². The number of hydrogen-bond donors (Lipinski definition) is 0. The molecule has 2 aliphatic heterocycles. The van der Waals surface area contributed by atoms with E-state index in [-0.39, 0.29) is 10.8 Å². The van der Waals surface area contributed by atoms with Crippen LogP contribution in [0.5, 0.6) is 0 Å². The van der Waals surface area contributed by atoms with Crippen LogP contribution in [-0.2, 0) is 10.8 Å². The summed E-state index contributed by atoms with van der Waals surface area (Å²) < 4.78 is 4.92. The first-order valence-corrected chi connectivity index (χ1v) is 35.4. The first-order valence-electron chi connectivity index (χ1n) is 35.0. The van der Waals surface area contributed by atoms with E-state index in [2.05, 4.69) is 338 Å². The summed E-state index contributed by atoms with van der Waals surface area (Å²) in [7, 11) is 0. The monoisotopic (exact) mass is 1260 g/mol. The van der Waals surface area contributed by atoms with Crippen molar-refractivity contribution in [2.24, 2.45) is 0 Å². The Morgan fingerprint density at radius 1 is 0.516 bits per heavy atom. The molecule has 7 aromatic rings. The molecule has 0 radical (unpaired) electrons. The molecule has 6 nitrogen and oxygen atoms in total. The molecule has 93 heavy (non-hydrogen) atoms. The third-order valence-electron chi connectivity index (χ3n) is 19.5. The SMILES string of the molecule is CCCCN1C(=CC=C(Cl)C=CC2=[N+](CCCC)c3ccc4ccccc4c3C2(C)C)C(C)(C)c2c1ccc1ccccc21.CCN(CC)c1ccc(C(=CC=CC(=C2C=CC(=[N+](CC)CC)C=C2)c2ccc(N(CC)CC)cc2)c2ccc(N(CC)CC)cc2)cc1. The summed E-state index contributed by atoms with van der Waals surface area (Å²) in [6.07, 6.45) is 29.2. The molecule has 1 aliphatic carbocycles. The number of allylic oxidation sites excluding steroid dienone is 15. The molecule has 0 saturated carbocycles. The van der Waals surface area contributed by atoms with E-state index in [1.807, 2.05) is 0 Å². The van der Waals surface area contributed by atoms with E-state index < -0.39 is 0 Å². The van der Waals surface area contributed by atoms with Crippen molar-refractivity contribution >= 4 is 84.2 Å². The number of benzene rings is 7. The minimum atomic E-state index is -0.136. The highest BCUT2D eigenvalue weighted by atomic mass is 35.5. The minimum absolute atomic E-state index is 0.136. The van der Waals surface area contributed by atoms with E-state index in [1.54, 1.807) is 0 Å². The maximum absolute atomic E-state index is 7.02. The lowest BCUT2D eigenvalue weighted by Gasteiger charge is -2.27. The highest BCUT2D eigenvalue weighted by Crippen LogP contribution is 2.51. The number of nitrogens with zero attached hydrogens (tertiary/aromatic N) is 6. The lowest BCUT2D eigenvalue weighted by molar-refractivity contribution is -0.519. The third-order valence-corrected chi connectivity index (χ3v) is 19.8. The van der Waals surface area contributed by atoms with Crippen LogP contribution in [0.1, 0.15) is 150 Å². The van der Waals surface area contributed by atoms with Gasteiger partial charge in [-0.3, -0.25) is 0 Å². The van der Waals surface area contributed by atoms with E-state index in [0.717, 1.165) is 96.2 Å². The maximum Gasteiger partial charge on any atom is 0.210 e. The van der Waals surface area contributed by atoms with Gasteiger partial charge in [-0.15, -0.1) is 0 Å². The molecule has 0 saturated heterocycles. The lowest BCUT2D eigenvalue weighted by Crippen LogP contribution is -2.28. The Labute approximate surface area is 565 Å². The van der Waals surface area contributed by atoms with Gasteiger partial charge in [0.2, 0.25) is 5.69 Å². The Morgan fingerprint density at radius 2 is 1.01 bits per heavy atom. The normalized spacial score (nSPS) is 15.2. The summed E-state index contributed by atoms with van der Waals surface area (Å²) in [5, 5.41) is 6.02. The van der Waals surface area contributed by atoms with Crippen molar-refractivity contribution in [3.63, 3.8) is 0 Å². The number of fused-ring (bicyclic) bond motifs is 6. The van der Waals surface area contributed by atoms with Gasteiger partial charge in [0.25, 0.3) is 0 Å². The molecule has 0 unspecified atom stereocenters. The predicted molar refractivity (Wildman–Crippen MR) is 410 cm³/mol. The molecule has 0 bridgehead atoms. The summed E-state index contributed by atoms with van der Waals surface area (Å²) in [6, 6.07) is 53.9. The van der Waals surface area contributed by atoms with Crippen LogP contribution >= 0.6 is 11.6 Å². The molecule has 7 aromatic carbocycles. The Morgan fingerprint density at radius 3 is 1.52 bits per heavy atom. The molecule has 484 valence electrons. The Balaban J connectivity index is 0.000000220. The zero-order valence-electron chi connectivity index (χ0n) is 58.7. The topological polar surface area (TPSA) is 19.0 Å². The molecule has 2 heterocycles. The maximum atomic E-state index is 7.02. The molecule has 0 spiro atoms. The highest BCUT2D eigenvalue weighted by molar-refractivity contribution is 6.31. The molecule has 10 rings (SSSR count). The van der Waals surface area contributed by atoms with Crippen LogP contribution in [0.3, 0.4) is 0 Å². The first-order chi connectivity index (χ1) is 45.1. The summed E-state index contributed by atoms with van der Waals surface area (Å²) in [5.41, 5.74) is 20.1. The minimum Gasteiger partial charge on any atom is -0.372 e. The summed E-state index contributed by atoms with van der Waals surface area (Å²) in [5.74, 6) is 0. The van der Waals surface area contributed by atoms with Crippen molar-refractivity contribution in [1.29, 1.82) is 0 Å². The molecule has 0 amide bonds. The molecule has 0 aromatic heterocycles. The molecular weight excluding hydrogens is 1150 g/mol. The standard InChI is InChI=1S/C45H59N4.C41H46ClN2/c1-9-46(10-2)40-28-20-36(21-29-40)44(37-22-30-41(31-23-37)47(11-3)12-4)18-17-19-45(38-24-32-42(33-25-38)48(13-5)14-6)39-26-34-43(35-27-39)49(15-7)16-8;1-7-9-27-43-34-23-19-29-15-11-13-17-32(29)38(34)40(3,4)36(43)25-21-31(42)22-26-37-41(5,6)39-33-18-14-12-16-30(33)20-24-35(39)44(37)28-10-8-2/h17-35H,9-16H2,1-8H3;11-26H,7-10,27-28H2,1-6H3/q2*+1. The number of anilines is 4. The van der Waals surface area contributed by atoms with Crippen molar-refractivity contribution < 1.29 is 9.15 Å². The third kappa shape index (κ3) is 15.2. The van der Waals surface area contributed by atoms with Gasteiger partial charge in [0, 0.05) is 121 Å². The van der Waals surface area contributed by atoms with Crippen molar-refractivity contribution in [3.8, 4) is 0 Å². The molecule has 0 fully saturated rings. The summed E-state index contributed by atoms with van der Waals surface area (Å²) >= 11 is 7.02. The van der Waals surface area contributed by atoms with Gasteiger partial charge < -0.3 is 19.6 Å². The average Bonchev–Trinajstić information content (AvgIpc) is 1.59. The Hall–Kier alpha value is -8.19. The predicted octanol–water partition coefficient (Wildman–Crippen LogP) is 21.6. The quantitative estimate of drug-likeness (QED) is 0.0419. The molecule has 0 N–H and O–H groups in total. The van der Waals surface area contributed by atoms with Gasteiger partial charge in [0.15, 0.2) is 11.4 Å². The zero-order chi connectivity index (χ0) is 66.2. The number of rotatable bonds is 25. The van der Waals surface area contributed by atoms with Crippen molar-refractivity contribution in [3.05, 3.63) is 257 Å². The van der Waals surface area contributed by atoms with Crippen LogP contribution in [-0.4, -0.2) is 86.0 Å². The average molecular weight is 1260 g/mol. The van der Waals surface area contributed by atoms with E-state index in [9.17, 15) is 0 Å². The van der Waals surface area contributed by atoms with Crippen LogP contribution in [0.2, 0.25) is 0 Å². The number of halogens is 1. The van der Waals surface area contributed by atoms with Crippen molar-refractivity contribution in [2.45, 2.75) is 133 Å². The second kappa shape index (κ2) is 32.1. The van der Waals surface area contributed by atoms with Crippen LogP contribution in [0.4, 0.5) is 28.4 Å². The lowest BCUT2D eigenvalue weighted by atomic mass is 9.79. The van der Waals surface area contributed by atoms with Crippen LogP contribution in [0.15, 0.2) is 229 Å². The smallest absolute Gasteiger partial charge is 0.210 e. The highest BCUT2D eigenvalue weighted by Gasteiger charge is 2.45. The molecule has 3 aliphatic rings. The Kier molecular flexibility index (Phi) is 23.9. The van der Waals surface area contributed by atoms with Gasteiger partial charge in [0.1, 0.15) is 19.6 Å². The Bertz CT molecular complexity index is 3950. The summed E-state index contributed by atoms with van der Waals surface area (Å²) in [6.45, 7) is 41.7. The number of hydrogen-bond acceptors (Lipinski definition) is 4. The van der Waals surface area contributed by atoms with E-state index in [0.29, 0.717) is 0 Å². The molecule has 0 atom stereocenters. The van der Waals surface area contributed by atoms with Gasteiger partial charge in [0.05, 0.1) is 5.41 Å². The number of unbranched alkanes of at least 4 members (excludes halogenated alkanes) is 2. The molecular formula is C86H105ClN6+2. The zero-order valence-corrected chi connectivity index (χ0v) is 59.4. The van der Waals surface area contributed by atoms with Gasteiger partial charge >= 0.3 is 0 Å². The van der Waals surface area contributed by atoms with Gasteiger partial charge in [-0.2, -0.15) is 4.58 Å². The van der Waals surface area contributed by atoms with E-state index >= 15 is 0 Å². The van der Waals surface area contributed by atoms with Gasteiger partial charge in [-0.25, -0.2) is 4.58 Å². The van der Waals surface area contributed by atoms with Crippen molar-refractivity contribution in [1.82, 2.24) is 0 Å². The largest absolute Gasteiger partial charge is 0.372 e. The van der Waals surface area contributed by atoms with Crippen LogP contribution < -0.4 is 19.6 Å². The second-order valence-corrected chi connectivity index (χ2v) is 26.1. The summed E-state index contributed by atoms with van der Waals surface area (Å²) in [4.78, 5) is 9.71. The van der Waals surface area contributed by atoms with Gasteiger partial charge in [-0.05, 0) is 215 Å². The van der Waals surface area contributed by atoms with E-state index in [1.165, 1.54) is 112 Å². The van der Waals surface area contributed by atoms with Crippen LogP contribution in [0, 0.1) is 0 Å². The van der Waals surface area contributed by atoms with E-state index in [4.69, 9.17) is 11.6 Å². The molecule has 7 heteroatoms.